The Bertz CT molecular complexity index is 1260. The van der Waals surface area contributed by atoms with Crippen molar-refractivity contribution in [3.8, 4) is 5.75 Å². The largest absolute Gasteiger partial charge is 0.497 e. The van der Waals surface area contributed by atoms with Crippen molar-refractivity contribution < 1.29 is 23.9 Å². The van der Waals surface area contributed by atoms with E-state index in [0.717, 1.165) is 10.0 Å². The van der Waals surface area contributed by atoms with E-state index in [2.05, 4.69) is 31.9 Å². The van der Waals surface area contributed by atoms with Gasteiger partial charge in [-0.15, -0.1) is 0 Å². The summed E-state index contributed by atoms with van der Waals surface area (Å²) in [6, 6.07) is 21.2. The predicted octanol–water partition coefficient (Wildman–Crippen LogP) is 5.95. The lowest BCUT2D eigenvalue weighted by molar-refractivity contribution is -0.128. The highest BCUT2D eigenvalue weighted by Gasteiger charge is 2.33. The van der Waals surface area contributed by atoms with E-state index in [4.69, 9.17) is 9.47 Å². The number of benzene rings is 3. The lowest BCUT2D eigenvalue weighted by Crippen LogP contribution is -2.51. The molecule has 0 aliphatic carbocycles. The van der Waals surface area contributed by atoms with Crippen LogP contribution >= 0.6 is 15.9 Å². The first-order valence-electron chi connectivity index (χ1n) is 12.5. The standard InChI is InChI=1S/C30H34BrN3O5/c1-19(20-9-7-6-8-10-20)25(27(35)32-23-15-13-22(31)14-16-23)33-28(36)26(34-29(37)39-30(2,3)4)21-11-17-24(38-5)18-12-21/h6-19,25-26H,1-5H3,(H,32,35)(H,33,36)(H,34,37)/t19-,25-,26+/m0/s1. The molecule has 0 fully saturated rings. The Morgan fingerprint density at radius 1 is 0.795 bits per heavy atom. The van der Waals surface area contributed by atoms with Gasteiger partial charge in [0.2, 0.25) is 11.8 Å². The molecule has 0 aromatic heterocycles. The molecule has 3 aromatic rings. The average Bonchev–Trinajstić information content (AvgIpc) is 2.90. The zero-order valence-corrected chi connectivity index (χ0v) is 24.2. The molecule has 0 spiro atoms. The predicted molar refractivity (Wildman–Crippen MR) is 155 cm³/mol. The number of amides is 3. The summed E-state index contributed by atoms with van der Waals surface area (Å²) in [7, 11) is 1.54. The van der Waals surface area contributed by atoms with Crippen molar-refractivity contribution in [3.63, 3.8) is 0 Å². The lowest BCUT2D eigenvalue weighted by atomic mass is 9.92. The van der Waals surface area contributed by atoms with Crippen molar-refractivity contribution in [2.24, 2.45) is 0 Å². The van der Waals surface area contributed by atoms with Crippen molar-refractivity contribution in [1.82, 2.24) is 10.6 Å². The van der Waals surface area contributed by atoms with Crippen LogP contribution in [0.5, 0.6) is 5.75 Å². The summed E-state index contributed by atoms with van der Waals surface area (Å²) in [5.41, 5.74) is 1.19. The van der Waals surface area contributed by atoms with Gasteiger partial charge in [0.25, 0.3) is 0 Å². The van der Waals surface area contributed by atoms with Gasteiger partial charge in [-0.05, 0) is 68.3 Å². The second kappa shape index (κ2) is 13.3. The molecular weight excluding hydrogens is 562 g/mol. The van der Waals surface area contributed by atoms with Crippen molar-refractivity contribution in [2.45, 2.75) is 51.3 Å². The van der Waals surface area contributed by atoms with E-state index in [9.17, 15) is 14.4 Å². The number of nitrogens with one attached hydrogen (secondary N) is 3. The molecule has 0 heterocycles. The molecule has 3 N–H and O–H groups in total. The normalized spacial score (nSPS) is 13.4. The Kier molecular flexibility index (Phi) is 10.1. The molecule has 0 aliphatic rings. The maximum absolute atomic E-state index is 13.7. The molecular formula is C30H34BrN3O5. The highest BCUT2D eigenvalue weighted by atomic mass is 79.9. The smallest absolute Gasteiger partial charge is 0.408 e. The van der Waals surface area contributed by atoms with E-state index < -0.39 is 35.6 Å². The van der Waals surface area contributed by atoms with Crippen LogP contribution in [-0.4, -0.2) is 36.7 Å². The molecule has 0 bridgehead atoms. The minimum atomic E-state index is -1.13. The van der Waals surface area contributed by atoms with E-state index in [-0.39, 0.29) is 5.92 Å². The van der Waals surface area contributed by atoms with Crippen molar-refractivity contribution >= 4 is 39.5 Å². The van der Waals surface area contributed by atoms with Crippen LogP contribution in [0.3, 0.4) is 0 Å². The Hall–Kier alpha value is -3.85. The molecule has 0 saturated carbocycles. The molecule has 0 unspecified atom stereocenters. The molecule has 3 atom stereocenters. The number of alkyl carbamates (subject to hydrolysis) is 1. The van der Waals surface area contributed by atoms with Gasteiger partial charge in [-0.2, -0.15) is 0 Å². The van der Waals surface area contributed by atoms with E-state index >= 15 is 0 Å². The Morgan fingerprint density at radius 3 is 1.97 bits per heavy atom. The summed E-state index contributed by atoms with van der Waals surface area (Å²) in [6.07, 6.45) is -0.759. The summed E-state index contributed by atoms with van der Waals surface area (Å²) in [4.78, 5) is 40.0. The van der Waals surface area contributed by atoms with Gasteiger partial charge in [0.15, 0.2) is 0 Å². The van der Waals surface area contributed by atoms with E-state index in [1.807, 2.05) is 49.4 Å². The van der Waals surface area contributed by atoms with Gasteiger partial charge in [-0.1, -0.05) is 65.3 Å². The van der Waals surface area contributed by atoms with Crippen molar-refractivity contribution in [2.75, 3.05) is 12.4 Å². The topological polar surface area (TPSA) is 106 Å². The summed E-state index contributed by atoms with van der Waals surface area (Å²) < 4.78 is 11.5. The third kappa shape index (κ3) is 8.85. The van der Waals surface area contributed by atoms with Gasteiger partial charge in [0.05, 0.1) is 7.11 Å². The monoisotopic (exact) mass is 595 g/mol. The number of halogens is 1. The fourth-order valence-electron chi connectivity index (χ4n) is 3.88. The first-order chi connectivity index (χ1) is 18.5. The number of hydrogen-bond acceptors (Lipinski definition) is 5. The maximum atomic E-state index is 13.7. The molecule has 0 aliphatic heterocycles. The van der Waals surface area contributed by atoms with Crippen LogP contribution in [0.25, 0.3) is 0 Å². The molecule has 0 radical (unpaired) electrons. The number of ether oxygens (including phenoxy) is 2. The van der Waals surface area contributed by atoms with Gasteiger partial charge in [-0.3, -0.25) is 9.59 Å². The third-order valence-corrected chi connectivity index (χ3v) is 6.42. The Labute approximate surface area is 237 Å². The van der Waals surface area contributed by atoms with Crippen molar-refractivity contribution in [1.29, 1.82) is 0 Å². The molecule has 3 aromatic carbocycles. The summed E-state index contributed by atoms with van der Waals surface area (Å²) in [5, 5.41) is 8.42. The summed E-state index contributed by atoms with van der Waals surface area (Å²) in [5.74, 6) is -0.749. The van der Waals surface area contributed by atoms with Crippen LogP contribution in [0, 0.1) is 0 Å². The maximum Gasteiger partial charge on any atom is 0.408 e. The van der Waals surface area contributed by atoms with Gasteiger partial charge >= 0.3 is 6.09 Å². The first-order valence-corrected chi connectivity index (χ1v) is 13.3. The first kappa shape index (κ1) is 29.7. The van der Waals surface area contributed by atoms with Crippen LogP contribution in [0.15, 0.2) is 83.3 Å². The minimum absolute atomic E-state index is 0.386. The number of carbonyl (C=O) groups excluding carboxylic acids is 3. The van der Waals surface area contributed by atoms with Crippen molar-refractivity contribution in [3.05, 3.63) is 94.5 Å². The van der Waals surface area contributed by atoms with Gasteiger partial charge in [0, 0.05) is 16.1 Å². The SMILES string of the molecule is COc1ccc([C@@H](NC(=O)OC(C)(C)C)C(=O)N[C@H](C(=O)Nc2ccc(Br)cc2)[C@@H](C)c2ccccc2)cc1. The fourth-order valence-corrected chi connectivity index (χ4v) is 4.14. The zero-order valence-electron chi connectivity index (χ0n) is 22.7. The van der Waals surface area contributed by atoms with Crippen LogP contribution in [0.1, 0.15) is 50.8 Å². The summed E-state index contributed by atoms with van der Waals surface area (Å²) in [6.45, 7) is 7.07. The minimum Gasteiger partial charge on any atom is -0.497 e. The zero-order chi connectivity index (χ0) is 28.6. The second-order valence-electron chi connectivity index (χ2n) is 10.0. The highest BCUT2D eigenvalue weighted by Crippen LogP contribution is 2.24. The van der Waals surface area contributed by atoms with Crippen LogP contribution in [0.2, 0.25) is 0 Å². The number of hydrogen-bond donors (Lipinski definition) is 3. The Balaban J connectivity index is 1.92. The molecule has 3 rings (SSSR count). The number of anilines is 1. The second-order valence-corrected chi connectivity index (χ2v) is 10.9. The van der Waals surface area contributed by atoms with Gasteiger partial charge in [-0.25, -0.2) is 4.79 Å². The van der Waals surface area contributed by atoms with Gasteiger partial charge < -0.3 is 25.4 Å². The third-order valence-electron chi connectivity index (χ3n) is 5.89. The van der Waals surface area contributed by atoms with E-state index in [1.54, 1.807) is 57.2 Å². The van der Waals surface area contributed by atoms with Crippen LogP contribution in [-0.2, 0) is 14.3 Å². The molecule has 9 heteroatoms. The summed E-state index contributed by atoms with van der Waals surface area (Å²) >= 11 is 3.39. The quantitative estimate of drug-likeness (QED) is 0.283. The average molecular weight is 597 g/mol. The lowest BCUT2D eigenvalue weighted by Gasteiger charge is -2.28. The molecule has 39 heavy (non-hydrogen) atoms. The van der Waals surface area contributed by atoms with Crippen LogP contribution < -0.4 is 20.7 Å². The van der Waals surface area contributed by atoms with Crippen LogP contribution in [0.4, 0.5) is 10.5 Å². The van der Waals surface area contributed by atoms with Gasteiger partial charge in [0.1, 0.15) is 23.4 Å². The number of methoxy groups -OCH3 is 1. The number of carbonyl (C=O) groups is 3. The molecule has 8 nitrogen and oxygen atoms in total. The fraction of sp³-hybridized carbons (Fsp3) is 0.300. The number of rotatable bonds is 9. The molecule has 206 valence electrons. The van der Waals surface area contributed by atoms with E-state index in [0.29, 0.717) is 17.0 Å². The molecule has 0 saturated heterocycles. The molecule has 3 amide bonds. The van der Waals surface area contributed by atoms with E-state index in [1.165, 1.54) is 7.11 Å². The Morgan fingerprint density at radius 2 is 1.41 bits per heavy atom. The highest BCUT2D eigenvalue weighted by molar-refractivity contribution is 9.10.